The molecule has 9 aliphatic heterocycles. The second-order valence-corrected chi connectivity index (χ2v) is 18.4. The van der Waals surface area contributed by atoms with E-state index in [1.165, 1.54) is 16.8 Å². The van der Waals surface area contributed by atoms with E-state index >= 15 is 0 Å². The molecule has 0 saturated carbocycles. The van der Waals surface area contributed by atoms with E-state index in [4.69, 9.17) is 18.9 Å². The molecule has 5 spiro atoms. The number of anilines is 2. The number of carbonyl (C=O) groups is 1. The minimum Gasteiger partial charge on any atom is -0.495 e. The van der Waals surface area contributed by atoms with Crippen molar-refractivity contribution in [1.82, 2.24) is 9.80 Å². The molecule has 2 aromatic rings. The molecule has 9 nitrogen and oxygen atoms in total. The zero-order valence-corrected chi connectivity index (χ0v) is 30.3. The maximum absolute atomic E-state index is 14.0. The second kappa shape index (κ2) is 9.46. The van der Waals surface area contributed by atoms with Gasteiger partial charge in [0.25, 0.3) is 0 Å². The van der Waals surface area contributed by atoms with E-state index in [1.54, 1.807) is 18.4 Å². The Morgan fingerprint density at radius 2 is 1.63 bits per heavy atom. The molecular weight excluding hydrogens is 652 g/mol. The van der Waals surface area contributed by atoms with Crippen LogP contribution in [0.2, 0.25) is 0 Å². The van der Waals surface area contributed by atoms with Crippen LogP contribution >= 0.6 is 0 Å². The van der Waals surface area contributed by atoms with Gasteiger partial charge in [-0.25, -0.2) is 4.79 Å². The molecule has 9 atom stereocenters. The summed E-state index contributed by atoms with van der Waals surface area (Å²) >= 11 is 0. The fourth-order valence-electron chi connectivity index (χ4n) is 16.1. The number of allylic oxidation sites excluding steroid dienone is 1. The molecule has 0 bridgehead atoms. The van der Waals surface area contributed by atoms with Crippen LogP contribution in [0, 0.1) is 16.2 Å². The summed E-state index contributed by atoms with van der Waals surface area (Å²) in [5.41, 5.74) is 9.97. The molecular formula is C43H48N4O5. The van der Waals surface area contributed by atoms with Gasteiger partial charge in [0.2, 0.25) is 0 Å². The van der Waals surface area contributed by atoms with Gasteiger partial charge in [0.05, 0.1) is 48.5 Å². The molecule has 0 aromatic heterocycles. The first-order chi connectivity index (χ1) is 25.4. The zero-order valence-electron chi connectivity index (χ0n) is 30.3. The summed E-state index contributed by atoms with van der Waals surface area (Å²) in [6, 6.07) is 16.4. The van der Waals surface area contributed by atoms with Gasteiger partial charge in [0.15, 0.2) is 0 Å². The molecule has 2 aromatic carbocycles. The van der Waals surface area contributed by atoms with Gasteiger partial charge >= 0.3 is 5.97 Å². The molecule has 0 amide bonds. The topological polar surface area (TPSA) is 75.7 Å². The Hall–Kier alpha value is -3.37. The van der Waals surface area contributed by atoms with E-state index in [2.05, 4.69) is 62.5 Å². The highest BCUT2D eigenvalue weighted by Crippen LogP contribution is 2.75. The Bertz CT molecular complexity index is 2080. The number of fused-ring (bicyclic) bond motifs is 4. The third-order valence-electron chi connectivity index (χ3n) is 16.9. The van der Waals surface area contributed by atoms with Gasteiger partial charge in [0.1, 0.15) is 5.75 Å². The average molecular weight is 701 g/mol. The maximum Gasteiger partial charge on any atom is 0.335 e. The molecule has 2 aliphatic carbocycles. The highest BCUT2D eigenvalue weighted by Gasteiger charge is 2.77. The number of benzene rings is 2. The first kappa shape index (κ1) is 30.0. The smallest absolute Gasteiger partial charge is 0.335 e. The number of hydrogen-bond acceptors (Lipinski definition) is 9. The van der Waals surface area contributed by atoms with Gasteiger partial charge in [-0.15, -0.1) is 0 Å². The van der Waals surface area contributed by atoms with E-state index in [1.807, 2.05) is 7.11 Å². The zero-order chi connectivity index (χ0) is 34.4. The molecule has 270 valence electrons. The largest absolute Gasteiger partial charge is 0.495 e. The van der Waals surface area contributed by atoms with Crippen molar-refractivity contribution in [3.8, 4) is 5.75 Å². The summed E-state index contributed by atoms with van der Waals surface area (Å²) < 4.78 is 25.9. The molecule has 13 rings (SSSR count). The number of esters is 1. The lowest BCUT2D eigenvalue weighted by Gasteiger charge is -2.65. The number of ether oxygens (including phenoxy) is 4. The van der Waals surface area contributed by atoms with Crippen molar-refractivity contribution in [2.45, 2.75) is 86.5 Å². The molecule has 0 radical (unpaired) electrons. The Morgan fingerprint density at radius 1 is 0.827 bits per heavy atom. The summed E-state index contributed by atoms with van der Waals surface area (Å²) in [6.07, 6.45) is 8.62. The summed E-state index contributed by atoms with van der Waals surface area (Å²) in [5, 5.41) is 3.81. The normalized spacial score (nSPS) is 44.1. The van der Waals surface area contributed by atoms with Gasteiger partial charge in [-0.2, -0.15) is 0 Å². The van der Waals surface area contributed by atoms with Crippen LogP contribution in [0.3, 0.4) is 0 Å². The first-order valence-corrected chi connectivity index (χ1v) is 20.0. The highest BCUT2D eigenvalue weighted by molar-refractivity contribution is 5.93. The number of piperidine rings is 2. The van der Waals surface area contributed by atoms with Gasteiger partial charge in [-0.3, -0.25) is 9.80 Å². The van der Waals surface area contributed by atoms with Gasteiger partial charge in [-0.1, -0.05) is 30.3 Å². The van der Waals surface area contributed by atoms with E-state index in [9.17, 15) is 4.79 Å². The fourth-order valence-corrected chi connectivity index (χ4v) is 16.1. The van der Waals surface area contributed by atoms with Crippen LogP contribution in [0.15, 0.2) is 65.0 Å². The van der Waals surface area contributed by atoms with Crippen molar-refractivity contribution >= 4 is 17.3 Å². The molecule has 3 unspecified atom stereocenters. The fraction of sp³-hybridized carbons (Fsp3) is 0.605. The Morgan fingerprint density at radius 3 is 2.54 bits per heavy atom. The molecule has 52 heavy (non-hydrogen) atoms. The number of nitrogens with zero attached hydrogens (tertiary/aromatic N) is 3. The Balaban J connectivity index is 1.03. The van der Waals surface area contributed by atoms with Crippen LogP contribution in [0.1, 0.15) is 62.5 Å². The summed E-state index contributed by atoms with van der Waals surface area (Å²) in [6.45, 7) is 6.83. The predicted molar refractivity (Wildman–Crippen MR) is 194 cm³/mol. The third-order valence-corrected chi connectivity index (χ3v) is 16.9. The summed E-state index contributed by atoms with van der Waals surface area (Å²) in [7, 11) is 3.40. The van der Waals surface area contributed by atoms with E-state index in [0.717, 1.165) is 114 Å². The predicted octanol–water partition coefficient (Wildman–Crippen LogP) is 5.11. The van der Waals surface area contributed by atoms with Crippen molar-refractivity contribution in [2.75, 3.05) is 70.4 Å². The highest BCUT2D eigenvalue weighted by atomic mass is 16.5. The van der Waals surface area contributed by atoms with Crippen LogP contribution in [-0.4, -0.2) is 100 Å². The lowest BCUT2D eigenvalue weighted by atomic mass is 9.47. The number of carbonyl (C=O) groups excluding carboxylic acids is 1. The van der Waals surface area contributed by atoms with Crippen molar-refractivity contribution < 1.29 is 23.7 Å². The Labute approximate surface area is 305 Å². The molecule has 11 aliphatic rings. The van der Waals surface area contributed by atoms with Crippen LogP contribution in [0.5, 0.6) is 5.75 Å². The molecule has 9 heteroatoms. The lowest BCUT2D eigenvalue weighted by Crippen LogP contribution is -2.72. The third kappa shape index (κ3) is 3.01. The number of hydrogen-bond donors (Lipinski definition) is 1. The standard InChI is InChI=1S/C43H48N4O5/c1-49-30-9-5-7-28-32(30)47-24-39(20-25-21-40-13-18-51-31(40)10-15-45-16-12-43(28,34(25)47)36(40)45)23-46-17-11-42-27-6-3-4-8-29(27)44-33(42)26(35(48)50-2)22-41(37(42)46)14-19-52-38(39)41/h3-9,31,36-38,44H,10-24H2,1-2H3/t31?,36-,37-,38?,39-,40+,41-,42-,43?/m0/s1. The van der Waals surface area contributed by atoms with Gasteiger partial charge in [-0.05, 0) is 93.3 Å². The summed E-state index contributed by atoms with van der Waals surface area (Å²) in [4.78, 5) is 22.5. The Kier molecular flexibility index (Phi) is 5.46. The van der Waals surface area contributed by atoms with Crippen molar-refractivity contribution in [3.05, 3.63) is 76.1 Å². The molecule has 6 saturated heterocycles. The number of nitrogens with one attached hydrogen (secondary N) is 1. The minimum atomic E-state index is -0.265. The maximum atomic E-state index is 14.0. The average Bonchev–Trinajstić information content (AvgIpc) is 4.02. The van der Waals surface area contributed by atoms with Crippen LogP contribution in [0.4, 0.5) is 11.4 Å². The second-order valence-electron chi connectivity index (χ2n) is 18.4. The van der Waals surface area contributed by atoms with Crippen molar-refractivity contribution in [3.63, 3.8) is 0 Å². The number of para-hydroxylation sites is 2. The molecule has 6 fully saturated rings. The van der Waals surface area contributed by atoms with E-state index in [-0.39, 0.29) is 45.2 Å². The van der Waals surface area contributed by atoms with Gasteiger partial charge < -0.3 is 29.2 Å². The monoisotopic (exact) mass is 700 g/mol. The number of methoxy groups -OCH3 is 2. The SMILES string of the molecule is COC(=O)C1=C2Nc3ccccc3[C@@]23CCN2C[C@]4(CC5=C6N(C4)c4c(OC)cccc4C64CCN6CCC7OCC[C@]7(C5)[C@H]64)C4OCC[C@]4(C1)[C@H]23. The first-order valence-electron chi connectivity index (χ1n) is 20.0. The van der Waals surface area contributed by atoms with Crippen LogP contribution in [0.25, 0.3) is 0 Å². The quantitative estimate of drug-likeness (QED) is 0.431. The lowest BCUT2D eigenvalue weighted by molar-refractivity contribution is -0.152. The van der Waals surface area contributed by atoms with E-state index < -0.39 is 0 Å². The van der Waals surface area contributed by atoms with Crippen molar-refractivity contribution in [2.24, 2.45) is 16.2 Å². The summed E-state index contributed by atoms with van der Waals surface area (Å²) in [5.74, 6) is 0.809. The minimum absolute atomic E-state index is 0.0197. The molecule has 9 heterocycles. The van der Waals surface area contributed by atoms with E-state index in [0.29, 0.717) is 18.6 Å². The van der Waals surface area contributed by atoms with Gasteiger partial charge in [0, 0.05) is 78.3 Å². The van der Waals surface area contributed by atoms with Crippen LogP contribution < -0.4 is 15.0 Å². The van der Waals surface area contributed by atoms with Crippen molar-refractivity contribution in [1.29, 1.82) is 0 Å². The number of rotatable bonds is 2. The van der Waals surface area contributed by atoms with Crippen LogP contribution in [-0.2, 0) is 29.8 Å². The molecule has 1 N–H and O–H groups in total.